The molecule has 0 saturated heterocycles. The zero-order chi connectivity index (χ0) is 54.1. The molecule has 1 heterocycles. The monoisotopic (exact) mass is 1070 g/mol. The zero-order valence-corrected chi connectivity index (χ0v) is 46.9. The molecule has 3 amide bonds. The Bertz CT molecular complexity index is 2680. The number of ether oxygens (including phenoxy) is 5. The van der Waals surface area contributed by atoms with Crippen molar-refractivity contribution in [3.05, 3.63) is 117 Å². The van der Waals surface area contributed by atoms with E-state index in [2.05, 4.69) is 5.32 Å². The summed E-state index contributed by atoms with van der Waals surface area (Å²) in [5.41, 5.74) is -0.0187. The molecule has 0 saturated carbocycles. The first-order valence-electron chi connectivity index (χ1n) is 23.2. The molecule has 0 fully saturated rings. The molecule has 1 N–H and O–H groups in total. The van der Waals surface area contributed by atoms with E-state index < -0.39 is 104 Å². The lowest BCUT2D eigenvalue weighted by atomic mass is 10.0. The summed E-state index contributed by atoms with van der Waals surface area (Å²) in [7, 11) is -4.39. The second kappa shape index (κ2) is 21.8. The lowest BCUT2D eigenvalue weighted by molar-refractivity contribution is -0.149. The highest BCUT2D eigenvalue weighted by molar-refractivity contribution is 6.74. The third-order valence-corrected chi connectivity index (χ3v) is 22.3. The fourth-order valence-electron chi connectivity index (χ4n) is 7.00. The topological polar surface area (TPSA) is 199 Å². The Hall–Kier alpha value is -5.64. The molecular formula is C52H64Cl2N2O14Si2. The highest BCUT2D eigenvalue weighted by Gasteiger charge is 2.51. The van der Waals surface area contributed by atoms with Crippen LogP contribution in [-0.2, 0) is 42.2 Å². The maximum Gasteiger partial charge on any atom is 0.408 e. The van der Waals surface area contributed by atoms with Crippen LogP contribution in [0.5, 0.6) is 11.5 Å². The molecule has 0 unspecified atom stereocenters. The first-order chi connectivity index (χ1) is 33.2. The van der Waals surface area contributed by atoms with E-state index >= 15 is 0 Å². The predicted octanol–water partition coefficient (Wildman–Crippen LogP) is 10.8. The van der Waals surface area contributed by atoms with Crippen LogP contribution in [0.4, 0.5) is 4.79 Å². The van der Waals surface area contributed by atoms with Crippen molar-refractivity contribution in [1.82, 2.24) is 10.2 Å². The van der Waals surface area contributed by atoms with Crippen LogP contribution in [0.1, 0.15) is 113 Å². The summed E-state index contributed by atoms with van der Waals surface area (Å²) >= 11 is 13.7. The predicted molar refractivity (Wildman–Crippen MR) is 275 cm³/mol. The maximum atomic E-state index is 14.0. The summed E-state index contributed by atoms with van der Waals surface area (Å²) in [4.78, 5) is 96.3. The van der Waals surface area contributed by atoms with E-state index in [1.54, 1.807) is 45.9 Å². The number of alkyl carbamates (subject to hydrolysis) is 1. The van der Waals surface area contributed by atoms with Crippen LogP contribution in [0, 0.1) is 0 Å². The molecule has 3 aromatic carbocycles. The van der Waals surface area contributed by atoms with Gasteiger partial charge in [-0.15, -0.1) is 0 Å². The minimum atomic E-state index is -2.82. The van der Waals surface area contributed by atoms with Crippen molar-refractivity contribution in [2.24, 2.45) is 0 Å². The van der Waals surface area contributed by atoms with Gasteiger partial charge in [0.05, 0.1) is 34.9 Å². The van der Waals surface area contributed by atoms with Crippen molar-refractivity contribution in [2.75, 3.05) is 13.7 Å². The van der Waals surface area contributed by atoms with E-state index in [4.69, 9.17) is 55.7 Å². The van der Waals surface area contributed by atoms with Gasteiger partial charge in [-0.25, -0.2) is 14.4 Å². The summed E-state index contributed by atoms with van der Waals surface area (Å²) in [5, 5.41) is 1.75. The summed E-state index contributed by atoms with van der Waals surface area (Å²) in [6.07, 6.45) is -1.38. The maximum absolute atomic E-state index is 14.0. The number of Topliss-reactive ketones (excluding diaryl/α,β-unsaturated/α-hetero) is 1. The first-order valence-corrected chi connectivity index (χ1v) is 29.8. The van der Waals surface area contributed by atoms with Gasteiger partial charge in [-0.1, -0.05) is 89.0 Å². The van der Waals surface area contributed by atoms with E-state index in [1.165, 1.54) is 42.5 Å². The third-order valence-electron chi connectivity index (χ3n) is 12.8. The second-order valence-corrected chi connectivity index (χ2v) is 31.6. The van der Waals surface area contributed by atoms with Crippen LogP contribution < -0.4 is 14.8 Å². The number of allylic oxidation sites excluding steroid dienone is 2. The lowest BCUT2D eigenvalue weighted by Crippen LogP contribution is -2.53. The number of amides is 3. The van der Waals surface area contributed by atoms with Gasteiger partial charge in [-0.05, 0) is 111 Å². The molecule has 0 radical (unpaired) electrons. The number of fused-ring (bicyclic) bond motifs is 1. The molecule has 3 aromatic rings. The average molecular weight is 1070 g/mol. The summed E-state index contributed by atoms with van der Waals surface area (Å²) in [5.74, 6) is -5.66. The van der Waals surface area contributed by atoms with E-state index in [9.17, 15) is 33.6 Å². The van der Waals surface area contributed by atoms with Crippen molar-refractivity contribution in [3.63, 3.8) is 0 Å². The molecule has 0 bridgehead atoms. The van der Waals surface area contributed by atoms with Gasteiger partial charge in [0.15, 0.2) is 46.0 Å². The van der Waals surface area contributed by atoms with E-state index in [1.807, 2.05) is 67.7 Å². The van der Waals surface area contributed by atoms with Crippen molar-refractivity contribution in [3.8, 4) is 11.5 Å². The standard InChI is InChI=1S/C52H64Cl2N2O14Si2/c1-16-65-47(61)40(55-49(63)68-50(2,3)4)43(69-71(12,13)51(5,6)7)29-21-23-36(34(53)25-29)66-38-27-31(57)28-39(42(38)58)67-37-24-22-30(26-35(37)54)44(70-72(14,15)52(8,9)10)41(48(62)64-11)56-45(59)32-19-17-18-20-33(32)46(56)60/h17-28,40-41,43-44H,16H2,1-15H3,(H,55,63)/t40-,41+,43-,44-/m1/s1. The molecule has 72 heavy (non-hydrogen) atoms. The molecule has 1 aliphatic carbocycles. The molecule has 1 aliphatic heterocycles. The lowest BCUT2D eigenvalue weighted by Gasteiger charge is -2.42. The summed E-state index contributed by atoms with van der Waals surface area (Å²) < 4.78 is 41.7. The third kappa shape index (κ3) is 12.9. The van der Waals surface area contributed by atoms with Crippen LogP contribution in [0.2, 0.25) is 46.3 Å². The van der Waals surface area contributed by atoms with Gasteiger partial charge in [-0.3, -0.25) is 24.1 Å². The number of methoxy groups -OCH3 is 1. The van der Waals surface area contributed by atoms with Crippen LogP contribution in [-0.4, -0.2) is 94.3 Å². The minimum Gasteiger partial charge on any atom is -0.467 e. The number of nitrogens with one attached hydrogen (secondary N) is 1. The zero-order valence-electron chi connectivity index (χ0n) is 43.4. The molecule has 0 spiro atoms. The summed E-state index contributed by atoms with van der Waals surface area (Å²) in [6, 6.07) is 12.0. The van der Waals surface area contributed by atoms with Crippen molar-refractivity contribution < 1.29 is 66.1 Å². The van der Waals surface area contributed by atoms with E-state index in [-0.39, 0.29) is 49.9 Å². The molecule has 5 rings (SSSR count). The Morgan fingerprint density at radius 1 is 0.667 bits per heavy atom. The molecule has 2 aliphatic rings. The summed E-state index contributed by atoms with van der Waals surface area (Å²) in [6.45, 7) is 26.5. The quantitative estimate of drug-likeness (QED) is 0.0440. The molecule has 20 heteroatoms. The fourth-order valence-corrected chi connectivity index (χ4v) is 9.97. The van der Waals surface area contributed by atoms with Gasteiger partial charge in [0.2, 0.25) is 0 Å². The number of imide groups is 1. The first kappa shape index (κ1) is 57.3. The highest BCUT2D eigenvalue weighted by atomic mass is 35.5. The number of carbonyl (C=O) groups is 7. The number of halogens is 2. The SMILES string of the molecule is CCOC(=O)[C@H](NC(=O)OC(C)(C)C)[C@H](O[Si](C)(C)C(C)(C)C)c1ccc(OC2=CC(=O)C=C(Oc3ccc([C@@H](O[Si](C)(C)C(C)(C)C)[C@@H](C(=O)OC)N4C(=O)c5ccccc5C4=O)cc3Cl)C2=O)c(Cl)c1. The van der Waals surface area contributed by atoms with Crippen molar-refractivity contribution in [1.29, 1.82) is 0 Å². The average Bonchev–Trinajstić information content (AvgIpc) is 3.51. The number of ketones is 2. The van der Waals surface area contributed by atoms with Gasteiger partial charge in [0.25, 0.3) is 17.6 Å². The van der Waals surface area contributed by atoms with E-state index in [0.717, 1.165) is 24.2 Å². The fraction of sp³-hybridized carbons (Fsp3) is 0.442. The van der Waals surface area contributed by atoms with Gasteiger partial charge >= 0.3 is 18.0 Å². The Balaban J connectivity index is 1.46. The number of hydrogen-bond donors (Lipinski definition) is 1. The molecule has 388 valence electrons. The smallest absolute Gasteiger partial charge is 0.408 e. The van der Waals surface area contributed by atoms with Crippen LogP contribution >= 0.6 is 23.2 Å². The van der Waals surface area contributed by atoms with Crippen LogP contribution in [0.25, 0.3) is 0 Å². The Labute approximate surface area is 432 Å². The Morgan fingerprint density at radius 3 is 1.51 bits per heavy atom. The molecule has 4 atom stereocenters. The number of nitrogens with zero attached hydrogens (tertiary/aromatic N) is 1. The number of carbonyl (C=O) groups excluding carboxylic acids is 7. The Kier molecular flexibility index (Phi) is 17.4. The van der Waals surface area contributed by atoms with Crippen LogP contribution in [0.3, 0.4) is 0 Å². The number of hydrogen-bond acceptors (Lipinski definition) is 14. The van der Waals surface area contributed by atoms with Gasteiger partial charge < -0.3 is 37.9 Å². The minimum absolute atomic E-state index is 0.0106. The van der Waals surface area contributed by atoms with Gasteiger partial charge in [-0.2, -0.15) is 0 Å². The molecule has 0 aromatic heterocycles. The van der Waals surface area contributed by atoms with Gasteiger partial charge in [0.1, 0.15) is 29.3 Å². The highest BCUT2D eigenvalue weighted by Crippen LogP contribution is 2.45. The second-order valence-electron chi connectivity index (χ2n) is 21.3. The van der Waals surface area contributed by atoms with E-state index in [0.29, 0.717) is 5.56 Å². The largest absolute Gasteiger partial charge is 0.467 e. The normalized spacial score (nSPS) is 16.2. The Morgan fingerprint density at radius 2 is 1.11 bits per heavy atom. The number of rotatable bonds is 17. The molecule has 16 nitrogen and oxygen atoms in total. The van der Waals surface area contributed by atoms with Gasteiger partial charge in [0, 0.05) is 12.2 Å². The number of benzene rings is 3. The van der Waals surface area contributed by atoms with Crippen LogP contribution in [0.15, 0.2) is 84.3 Å². The van der Waals surface area contributed by atoms with Crippen molar-refractivity contribution in [2.45, 2.75) is 135 Å². The molecular weight excluding hydrogens is 1000 g/mol. The van der Waals surface area contributed by atoms with Crippen molar-refractivity contribution >= 4 is 81.2 Å². The number of esters is 2.